The Balaban J connectivity index is 1.54. The molecule has 0 bridgehead atoms. The van der Waals surface area contributed by atoms with Crippen LogP contribution in [-0.2, 0) is 25.9 Å². The lowest BCUT2D eigenvalue weighted by Gasteiger charge is -2.25. The molecule has 2 N–H and O–H groups in total. The van der Waals surface area contributed by atoms with Gasteiger partial charge < -0.3 is 15.2 Å². The summed E-state index contributed by atoms with van der Waals surface area (Å²) in [4.78, 5) is 8.86. The monoisotopic (exact) mass is 345 g/mol. The van der Waals surface area contributed by atoms with Crippen LogP contribution in [0.3, 0.4) is 0 Å². The summed E-state index contributed by atoms with van der Waals surface area (Å²) in [6, 6.07) is 2.27. The SMILES string of the molecule is CCc1nc2n(n1)CC(NC(=NC)NCc1cc(C(C)C)no1)CC2. The number of aliphatic imine (C=N–C) groups is 1. The highest BCUT2D eigenvalue weighted by atomic mass is 16.5. The van der Waals surface area contributed by atoms with E-state index in [1.165, 1.54) is 0 Å². The van der Waals surface area contributed by atoms with E-state index in [9.17, 15) is 0 Å². The molecule has 0 spiro atoms. The van der Waals surface area contributed by atoms with Crippen molar-refractivity contribution in [3.05, 3.63) is 29.2 Å². The van der Waals surface area contributed by atoms with E-state index in [1.54, 1.807) is 7.05 Å². The Kier molecular flexibility index (Phi) is 5.35. The normalized spacial score (nSPS) is 17.6. The number of nitrogens with one attached hydrogen (secondary N) is 2. The van der Waals surface area contributed by atoms with Crippen LogP contribution >= 0.6 is 0 Å². The van der Waals surface area contributed by atoms with Gasteiger partial charge in [0.25, 0.3) is 0 Å². The molecule has 25 heavy (non-hydrogen) atoms. The molecule has 2 aromatic heterocycles. The maximum absolute atomic E-state index is 5.35. The Morgan fingerprint density at radius 1 is 1.48 bits per heavy atom. The Bertz CT molecular complexity index is 731. The smallest absolute Gasteiger partial charge is 0.191 e. The van der Waals surface area contributed by atoms with Crippen molar-refractivity contribution in [3.63, 3.8) is 0 Å². The fourth-order valence-electron chi connectivity index (χ4n) is 2.87. The Morgan fingerprint density at radius 2 is 2.32 bits per heavy atom. The number of aryl methyl sites for hydroxylation is 2. The minimum Gasteiger partial charge on any atom is -0.359 e. The molecule has 0 amide bonds. The van der Waals surface area contributed by atoms with Gasteiger partial charge in [-0.15, -0.1) is 0 Å². The van der Waals surface area contributed by atoms with Gasteiger partial charge in [-0.1, -0.05) is 25.9 Å². The summed E-state index contributed by atoms with van der Waals surface area (Å²) >= 11 is 0. The standard InChI is InChI=1S/C17H27N7O/c1-5-15-21-16-7-6-12(10-24(16)22-15)20-17(18-4)19-9-13-8-14(11(2)3)23-25-13/h8,11-12H,5-7,9-10H2,1-4H3,(H2,18,19,20). The fourth-order valence-corrected chi connectivity index (χ4v) is 2.87. The molecule has 0 fully saturated rings. The van der Waals surface area contributed by atoms with Crippen LogP contribution in [0.1, 0.15) is 56.2 Å². The summed E-state index contributed by atoms with van der Waals surface area (Å²) in [5, 5.41) is 15.4. The number of hydrogen-bond donors (Lipinski definition) is 2. The van der Waals surface area contributed by atoms with Crippen LogP contribution in [0, 0.1) is 0 Å². The first-order chi connectivity index (χ1) is 12.1. The molecule has 1 atom stereocenters. The van der Waals surface area contributed by atoms with E-state index < -0.39 is 0 Å². The Hall–Kier alpha value is -2.38. The molecular weight excluding hydrogens is 318 g/mol. The average molecular weight is 345 g/mol. The number of nitrogens with zero attached hydrogens (tertiary/aromatic N) is 5. The van der Waals surface area contributed by atoms with Crippen LogP contribution in [0.25, 0.3) is 0 Å². The third-order valence-corrected chi connectivity index (χ3v) is 4.38. The van der Waals surface area contributed by atoms with Crippen LogP contribution in [0.4, 0.5) is 0 Å². The van der Waals surface area contributed by atoms with Crippen molar-refractivity contribution in [1.82, 2.24) is 30.6 Å². The molecule has 136 valence electrons. The lowest BCUT2D eigenvalue weighted by Crippen LogP contribution is -2.46. The van der Waals surface area contributed by atoms with Gasteiger partial charge >= 0.3 is 0 Å². The van der Waals surface area contributed by atoms with Crippen molar-refractivity contribution in [2.24, 2.45) is 4.99 Å². The highest BCUT2D eigenvalue weighted by Crippen LogP contribution is 2.15. The zero-order valence-corrected chi connectivity index (χ0v) is 15.4. The lowest BCUT2D eigenvalue weighted by molar-refractivity contribution is 0.369. The molecule has 0 aromatic carbocycles. The first kappa shape index (κ1) is 17.4. The predicted molar refractivity (Wildman–Crippen MR) is 95.4 cm³/mol. The quantitative estimate of drug-likeness (QED) is 0.632. The molecule has 3 heterocycles. The molecule has 1 unspecified atom stereocenters. The molecule has 0 saturated heterocycles. The van der Waals surface area contributed by atoms with E-state index in [-0.39, 0.29) is 6.04 Å². The highest BCUT2D eigenvalue weighted by Gasteiger charge is 2.22. The second-order valence-corrected chi connectivity index (χ2v) is 6.66. The molecule has 0 saturated carbocycles. The molecule has 0 aliphatic carbocycles. The van der Waals surface area contributed by atoms with Crippen LogP contribution in [0.15, 0.2) is 15.6 Å². The molecular formula is C17H27N7O. The van der Waals surface area contributed by atoms with E-state index in [2.05, 4.69) is 51.6 Å². The maximum Gasteiger partial charge on any atom is 0.191 e. The van der Waals surface area contributed by atoms with Crippen molar-refractivity contribution in [2.45, 2.75) is 65.1 Å². The number of aromatic nitrogens is 4. The van der Waals surface area contributed by atoms with Gasteiger partial charge in [0.1, 0.15) is 5.82 Å². The molecule has 2 aromatic rings. The van der Waals surface area contributed by atoms with Gasteiger partial charge in [-0.3, -0.25) is 4.99 Å². The average Bonchev–Trinajstić information content (AvgIpc) is 3.24. The second-order valence-electron chi connectivity index (χ2n) is 6.66. The van der Waals surface area contributed by atoms with Crippen LogP contribution in [0.5, 0.6) is 0 Å². The van der Waals surface area contributed by atoms with E-state index in [4.69, 9.17) is 4.52 Å². The van der Waals surface area contributed by atoms with Gasteiger partial charge in [0.05, 0.1) is 18.8 Å². The number of hydrogen-bond acceptors (Lipinski definition) is 5. The Morgan fingerprint density at radius 3 is 3.00 bits per heavy atom. The molecule has 1 aliphatic heterocycles. The van der Waals surface area contributed by atoms with Crippen LogP contribution < -0.4 is 10.6 Å². The van der Waals surface area contributed by atoms with Crippen LogP contribution in [-0.4, -0.2) is 39.0 Å². The van der Waals surface area contributed by atoms with Crippen LogP contribution in [0.2, 0.25) is 0 Å². The summed E-state index contributed by atoms with van der Waals surface area (Å²) in [6.07, 6.45) is 2.82. The minimum absolute atomic E-state index is 0.283. The largest absolute Gasteiger partial charge is 0.359 e. The van der Waals surface area contributed by atoms with Crippen molar-refractivity contribution in [3.8, 4) is 0 Å². The summed E-state index contributed by atoms with van der Waals surface area (Å²) in [6.45, 7) is 7.64. The van der Waals surface area contributed by atoms with E-state index in [0.29, 0.717) is 12.5 Å². The van der Waals surface area contributed by atoms with Crippen molar-refractivity contribution >= 4 is 5.96 Å². The summed E-state index contributed by atoms with van der Waals surface area (Å²) in [7, 11) is 1.77. The van der Waals surface area contributed by atoms with Crippen molar-refractivity contribution < 1.29 is 4.52 Å². The first-order valence-corrected chi connectivity index (χ1v) is 8.94. The molecule has 3 rings (SSSR count). The summed E-state index contributed by atoms with van der Waals surface area (Å²) in [5.74, 6) is 3.93. The zero-order valence-electron chi connectivity index (χ0n) is 15.4. The summed E-state index contributed by atoms with van der Waals surface area (Å²) < 4.78 is 7.37. The summed E-state index contributed by atoms with van der Waals surface area (Å²) in [5.41, 5.74) is 0.970. The minimum atomic E-state index is 0.283. The number of fused-ring (bicyclic) bond motifs is 1. The van der Waals surface area contributed by atoms with Gasteiger partial charge in [-0.2, -0.15) is 5.10 Å². The van der Waals surface area contributed by atoms with Gasteiger partial charge in [0.2, 0.25) is 0 Å². The molecule has 1 aliphatic rings. The fraction of sp³-hybridized carbons (Fsp3) is 0.647. The maximum atomic E-state index is 5.35. The van der Waals surface area contributed by atoms with Crippen molar-refractivity contribution in [1.29, 1.82) is 0 Å². The highest BCUT2D eigenvalue weighted by molar-refractivity contribution is 5.79. The van der Waals surface area contributed by atoms with Gasteiger partial charge in [0.15, 0.2) is 17.5 Å². The molecule has 8 heteroatoms. The van der Waals surface area contributed by atoms with E-state index in [0.717, 1.165) is 54.9 Å². The predicted octanol–water partition coefficient (Wildman–Crippen LogP) is 1.63. The van der Waals surface area contributed by atoms with E-state index >= 15 is 0 Å². The first-order valence-electron chi connectivity index (χ1n) is 8.94. The number of guanidine groups is 1. The molecule has 0 radical (unpaired) electrons. The van der Waals surface area contributed by atoms with E-state index in [1.807, 2.05) is 10.7 Å². The zero-order chi connectivity index (χ0) is 17.8. The Labute approximate surface area is 148 Å². The number of rotatable bonds is 5. The lowest BCUT2D eigenvalue weighted by atomic mass is 10.1. The topological polar surface area (TPSA) is 93.2 Å². The van der Waals surface area contributed by atoms with Gasteiger partial charge in [-0.05, 0) is 12.3 Å². The second kappa shape index (κ2) is 7.67. The van der Waals surface area contributed by atoms with Gasteiger partial charge in [0, 0.05) is 32.0 Å². The third kappa shape index (κ3) is 4.18. The van der Waals surface area contributed by atoms with Crippen molar-refractivity contribution in [2.75, 3.05) is 7.05 Å². The third-order valence-electron chi connectivity index (χ3n) is 4.38. The van der Waals surface area contributed by atoms with Gasteiger partial charge in [-0.25, -0.2) is 9.67 Å². The molecule has 8 nitrogen and oxygen atoms in total.